The molecule has 0 N–H and O–H groups in total. The van der Waals surface area contributed by atoms with Crippen LogP contribution in [-0.2, 0) is 32.7 Å². The molecule has 0 aliphatic rings. The molecule has 0 unspecified atom stereocenters. The Balaban J connectivity index is 2.96. The van der Waals surface area contributed by atoms with Gasteiger partial charge in [0.2, 0.25) is 13.6 Å². The Morgan fingerprint density at radius 2 is 1.54 bits per heavy atom. The molecule has 24 heavy (non-hydrogen) atoms. The molecule has 0 radical (unpaired) electrons. The summed E-state index contributed by atoms with van der Waals surface area (Å²) in [6.07, 6.45) is 1.89. The molecule has 7 nitrogen and oxygen atoms in total. The van der Waals surface area contributed by atoms with Crippen LogP contribution >= 0.6 is 7.60 Å². The Hall–Kier alpha value is -2.21. The Kier molecular flexibility index (Phi) is 7.58. The fraction of sp³-hybridized carbons (Fsp3) is 0.250. The minimum atomic E-state index is -3.89. The molecule has 8 heteroatoms. The van der Waals surface area contributed by atoms with Crippen molar-refractivity contribution in [1.29, 1.82) is 0 Å². The highest BCUT2D eigenvalue weighted by atomic mass is 31.2. The van der Waals surface area contributed by atoms with Gasteiger partial charge in [-0.3, -0.25) is 13.6 Å². The van der Waals surface area contributed by atoms with Crippen molar-refractivity contribution >= 4 is 24.8 Å². The summed E-state index contributed by atoms with van der Waals surface area (Å²) in [6, 6.07) is 5.08. The van der Waals surface area contributed by atoms with E-state index in [4.69, 9.17) is 9.05 Å². The Morgan fingerprint density at radius 1 is 1.04 bits per heavy atom. The molecular formula is C16H19O7P. The minimum Gasteiger partial charge on any atom is -0.435 e. The van der Waals surface area contributed by atoms with E-state index in [1.165, 1.54) is 0 Å². The first-order chi connectivity index (χ1) is 11.3. The molecule has 0 aromatic heterocycles. The zero-order valence-electron chi connectivity index (χ0n) is 13.5. The van der Waals surface area contributed by atoms with Crippen molar-refractivity contribution in [3.05, 3.63) is 54.6 Å². The van der Waals surface area contributed by atoms with E-state index in [1.54, 1.807) is 19.1 Å². The number of carbonyl (C=O) groups is 2. The van der Waals surface area contributed by atoms with Gasteiger partial charge in [-0.15, -0.1) is 0 Å². The SMILES string of the molecule is C=CC(=O)OCOP(=O)(OCOC(=O)C=C)c1cccc(C)c1C. The highest BCUT2D eigenvalue weighted by Gasteiger charge is 2.31. The second-order valence-electron chi connectivity index (χ2n) is 4.55. The summed E-state index contributed by atoms with van der Waals surface area (Å²) in [4.78, 5) is 22.1. The van der Waals surface area contributed by atoms with Gasteiger partial charge in [0.25, 0.3) is 0 Å². The van der Waals surface area contributed by atoms with E-state index < -0.39 is 33.1 Å². The third-order valence-electron chi connectivity index (χ3n) is 3.05. The van der Waals surface area contributed by atoms with Crippen molar-refractivity contribution in [2.45, 2.75) is 13.8 Å². The molecule has 0 aliphatic carbocycles. The van der Waals surface area contributed by atoms with Crippen LogP contribution in [0.15, 0.2) is 43.5 Å². The van der Waals surface area contributed by atoms with Crippen LogP contribution in [0, 0.1) is 13.8 Å². The monoisotopic (exact) mass is 354 g/mol. The maximum Gasteiger partial charge on any atom is 0.367 e. The van der Waals surface area contributed by atoms with E-state index in [0.29, 0.717) is 5.56 Å². The average Bonchev–Trinajstić information content (AvgIpc) is 2.56. The summed E-state index contributed by atoms with van der Waals surface area (Å²) in [6.45, 7) is 8.85. The normalized spacial score (nSPS) is 10.8. The lowest BCUT2D eigenvalue weighted by atomic mass is 10.1. The molecule has 0 bridgehead atoms. The largest absolute Gasteiger partial charge is 0.435 e. The first-order valence-electron chi connectivity index (χ1n) is 6.88. The van der Waals surface area contributed by atoms with Gasteiger partial charge in [0.1, 0.15) is 0 Å². The highest BCUT2D eigenvalue weighted by Crippen LogP contribution is 2.48. The van der Waals surface area contributed by atoms with Gasteiger partial charge in [0.05, 0.1) is 5.30 Å². The first-order valence-corrected chi connectivity index (χ1v) is 8.42. The van der Waals surface area contributed by atoms with Gasteiger partial charge in [0, 0.05) is 12.2 Å². The zero-order valence-corrected chi connectivity index (χ0v) is 14.4. The van der Waals surface area contributed by atoms with Crippen LogP contribution in [0.1, 0.15) is 11.1 Å². The van der Waals surface area contributed by atoms with E-state index in [-0.39, 0.29) is 5.30 Å². The molecule has 1 aromatic carbocycles. The lowest BCUT2D eigenvalue weighted by Crippen LogP contribution is -2.18. The third kappa shape index (κ3) is 5.45. The van der Waals surface area contributed by atoms with Gasteiger partial charge in [-0.05, 0) is 31.0 Å². The van der Waals surface area contributed by atoms with E-state index in [0.717, 1.165) is 17.7 Å². The number of hydrogen-bond donors (Lipinski definition) is 0. The predicted molar refractivity (Wildman–Crippen MR) is 87.6 cm³/mol. The van der Waals surface area contributed by atoms with Crippen LogP contribution in [0.4, 0.5) is 0 Å². The summed E-state index contributed by atoms with van der Waals surface area (Å²) >= 11 is 0. The quantitative estimate of drug-likeness (QED) is 0.291. The molecule has 0 heterocycles. The molecule has 0 aliphatic heterocycles. The standard InChI is InChI=1S/C16H19O7P/c1-5-15(17)20-10-22-24(19,23-11-21-16(18)6-2)14-9-7-8-12(3)13(14)4/h5-9H,1-2,10-11H2,3-4H3. The molecule has 1 aromatic rings. The molecule has 0 atom stereocenters. The van der Waals surface area contributed by atoms with Gasteiger partial charge < -0.3 is 9.47 Å². The molecule has 130 valence electrons. The first kappa shape index (κ1) is 19.8. The second kappa shape index (κ2) is 9.17. The number of rotatable bonds is 9. The number of benzene rings is 1. The van der Waals surface area contributed by atoms with Crippen LogP contribution in [0.3, 0.4) is 0 Å². The zero-order chi connectivity index (χ0) is 18.2. The van der Waals surface area contributed by atoms with Gasteiger partial charge in [-0.2, -0.15) is 0 Å². The lowest BCUT2D eigenvalue weighted by Gasteiger charge is -2.20. The van der Waals surface area contributed by atoms with Crippen LogP contribution in [-0.4, -0.2) is 25.5 Å². The summed E-state index contributed by atoms with van der Waals surface area (Å²) in [5.41, 5.74) is 1.55. The number of esters is 2. The predicted octanol–water partition coefficient (Wildman–Crippen LogP) is 2.53. The van der Waals surface area contributed by atoms with Crippen molar-refractivity contribution in [3.63, 3.8) is 0 Å². The van der Waals surface area contributed by atoms with Crippen LogP contribution in [0.5, 0.6) is 0 Å². The molecule has 0 saturated carbocycles. The van der Waals surface area contributed by atoms with E-state index in [2.05, 4.69) is 22.6 Å². The Bertz CT molecular complexity index is 651. The number of aryl methyl sites for hydroxylation is 1. The fourth-order valence-electron chi connectivity index (χ4n) is 1.63. The Labute approximate surface area is 140 Å². The summed E-state index contributed by atoms with van der Waals surface area (Å²) in [7, 11) is -3.89. The maximum atomic E-state index is 13.0. The minimum absolute atomic E-state index is 0.284. The Morgan fingerprint density at radius 3 is 2.00 bits per heavy atom. The topological polar surface area (TPSA) is 88.1 Å². The van der Waals surface area contributed by atoms with Gasteiger partial charge >= 0.3 is 19.5 Å². The van der Waals surface area contributed by atoms with Crippen LogP contribution < -0.4 is 5.30 Å². The maximum absolute atomic E-state index is 13.0. The summed E-state index contributed by atoms with van der Waals surface area (Å²) in [5.74, 6) is -1.47. The van der Waals surface area contributed by atoms with Gasteiger partial charge in [0.15, 0.2) is 0 Å². The molecular weight excluding hydrogens is 335 g/mol. The second-order valence-corrected chi connectivity index (χ2v) is 6.54. The molecule has 1 rings (SSSR count). The molecule has 0 saturated heterocycles. The van der Waals surface area contributed by atoms with E-state index >= 15 is 0 Å². The number of hydrogen-bond acceptors (Lipinski definition) is 7. The van der Waals surface area contributed by atoms with Crippen molar-refractivity contribution in [2.24, 2.45) is 0 Å². The lowest BCUT2D eigenvalue weighted by molar-refractivity contribution is -0.145. The third-order valence-corrected chi connectivity index (χ3v) is 5.02. The van der Waals surface area contributed by atoms with Gasteiger partial charge in [-0.1, -0.05) is 25.3 Å². The fourth-order valence-corrected chi connectivity index (χ4v) is 3.23. The average molecular weight is 354 g/mol. The van der Waals surface area contributed by atoms with Crippen LogP contribution in [0.2, 0.25) is 0 Å². The number of carbonyl (C=O) groups excluding carboxylic acids is 2. The summed E-state index contributed by atoms with van der Waals surface area (Å²) in [5, 5.41) is 0.284. The van der Waals surface area contributed by atoms with Gasteiger partial charge in [-0.25, -0.2) is 9.59 Å². The smallest absolute Gasteiger partial charge is 0.367 e. The summed E-state index contributed by atoms with van der Waals surface area (Å²) < 4.78 is 32.7. The molecule has 0 amide bonds. The van der Waals surface area contributed by atoms with Crippen molar-refractivity contribution in [3.8, 4) is 0 Å². The molecule has 0 spiro atoms. The van der Waals surface area contributed by atoms with Crippen molar-refractivity contribution in [2.75, 3.05) is 13.6 Å². The highest BCUT2D eigenvalue weighted by molar-refractivity contribution is 7.62. The van der Waals surface area contributed by atoms with Crippen LogP contribution in [0.25, 0.3) is 0 Å². The van der Waals surface area contributed by atoms with Crippen molar-refractivity contribution < 1.29 is 32.7 Å². The molecule has 0 fully saturated rings. The number of ether oxygens (including phenoxy) is 2. The van der Waals surface area contributed by atoms with E-state index in [1.807, 2.05) is 13.0 Å². The van der Waals surface area contributed by atoms with E-state index in [9.17, 15) is 14.2 Å². The van der Waals surface area contributed by atoms with Crippen molar-refractivity contribution in [1.82, 2.24) is 0 Å².